The second-order valence-electron chi connectivity index (χ2n) is 5.71. The van der Waals surface area contributed by atoms with Crippen molar-refractivity contribution in [2.45, 2.75) is 51.0 Å². The summed E-state index contributed by atoms with van der Waals surface area (Å²) in [6.07, 6.45) is 10.1. The van der Waals surface area contributed by atoms with E-state index >= 15 is 0 Å². The Morgan fingerprint density at radius 2 is 1.73 bits per heavy atom. The highest BCUT2D eigenvalue weighted by Gasteiger charge is 2.51. The van der Waals surface area contributed by atoms with Crippen LogP contribution in [0.4, 0.5) is 0 Å². The quantitative estimate of drug-likeness (QED) is 0.753. The van der Waals surface area contributed by atoms with Crippen LogP contribution < -0.4 is 5.32 Å². The van der Waals surface area contributed by atoms with Gasteiger partial charge in [-0.15, -0.1) is 0 Å². The van der Waals surface area contributed by atoms with E-state index in [0.29, 0.717) is 5.41 Å². The summed E-state index contributed by atoms with van der Waals surface area (Å²) in [4.78, 5) is 0. The predicted molar refractivity (Wildman–Crippen MR) is 60.9 cm³/mol. The Kier molecular flexibility index (Phi) is 2.73. The molecule has 15 heavy (non-hydrogen) atoms. The second-order valence-corrected chi connectivity index (χ2v) is 5.71. The molecule has 2 aliphatic heterocycles. The maximum absolute atomic E-state index is 5.56. The Bertz CT molecular complexity index is 213. The molecule has 2 nitrogen and oxygen atoms in total. The molecule has 86 valence electrons. The molecule has 0 amide bonds. The minimum absolute atomic E-state index is 0.539. The van der Waals surface area contributed by atoms with Gasteiger partial charge in [-0.3, -0.25) is 0 Å². The molecule has 1 unspecified atom stereocenters. The fourth-order valence-electron chi connectivity index (χ4n) is 3.91. The average Bonchev–Trinajstić information content (AvgIpc) is 2.72. The highest BCUT2D eigenvalue weighted by atomic mass is 16.5. The van der Waals surface area contributed by atoms with Gasteiger partial charge in [0.1, 0.15) is 0 Å². The molecule has 2 heteroatoms. The Labute approximate surface area is 92.8 Å². The van der Waals surface area contributed by atoms with Gasteiger partial charge in [-0.1, -0.05) is 19.3 Å². The highest BCUT2D eigenvalue weighted by Crippen LogP contribution is 2.48. The summed E-state index contributed by atoms with van der Waals surface area (Å²) in [5.41, 5.74) is 0.539. The van der Waals surface area contributed by atoms with Crippen LogP contribution in [0.1, 0.15) is 44.9 Å². The molecular weight excluding hydrogens is 186 g/mol. The van der Waals surface area contributed by atoms with Crippen molar-refractivity contribution in [3.63, 3.8) is 0 Å². The van der Waals surface area contributed by atoms with Gasteiger partial charge < -0.3 is 10.1 Å². The van der Waals surface area contributed by atoms with Gasteiger partial charge in [0.2, 0.25) is 0 Å². The lowest BCUT2D eigenvalue weighted by Gasteiger charge is -2.52. The van der Waals surface area contributed by atoms with Gasteiger partial charge in [0.15, 0.2) is 0 Å². The van der Waals surface area contributed by atoms with Gasteiger partial charge in [-0.2, -0.15) is 0 Å². The van der Waals surface area contributed by atoms with E-state index in [0.717, 1.165) is 25.2 Å². The molecule has 3 rings (SSSR count). The molecule has 1 atom stereocenters. The lowest BCUT2D eigenvalue weighted by molar-refractivity contribution is -0.168. The van der Waals surface area contributed by atoms with Crippen LogP contribution in [-0.4, -0.2) is 25.8 Å². The van der Waals surface area contributed by atoms with Crippen molar-refractivity contribution >= 4 is 0 Å². The maximum Gasteiger partial charge on any atom is 0.0562 e. The van der Waals surface area contributed by atoms with Crippen LogP contribution in [0.2, 0.25) is 0 Å². The van der Waals surface area contributed by atoms with Gasteiger partial charge in [0, 0.05) is 11.5 Å². The van der Waals surface area contributed by atoms with Gasteiger partial charge >= 0.3 is 0 Å². The third-order valence-corrected chi connectivity index (χ3v) is 4.91. The molecule has 1 saturated carbocycles. The minimum Gasteiger partial charge on any atom is -0.380 e. The van der Waals surface area contributed by atoms with E-state index in [9.17, 15) is 0 Å². The summed E-state index contributed by atoms with van der Waals surface area (Å²) in [5, 5.41) is 3.72. The standard InChI is InChI=1S/C13H23NO/c1-2-5-11(6-3-1)13(9-15-10-13)12-7-4-8-14-12/h11-12,14H,1-10H2. The molecule has 0 aromatic rings. The van der Waals surface area contributed by atoms with Crippen LogP contribution in [0.3, 0.4) is 0 Å². The van der Waals surface area contributed by atoms with E-state index in [1.807, 2.05) is 0 Å². The van der Waals surface area contributed by atoms with Crippen LogP contribution in [0.15, 0.2) is 0 Å². The summed E-state index contributed by atoms with van der Waals surface area (Å²) in [5.74, 6) is 0.954. The van der Waals surface area contributed by atoms with Crippen LogP contribution >= 0.6 is 0 Å². The van der Waals surface area contributed by atoms with Crippen molar-refractivity contribution in [1.29, 1.82) is 0 Å². The smallest absolute Gasteiger partial charge is 0.0562 e. The zero-order chi connectivity index (χ0) is 10.1. The molecule has 1 aliphatic carbocycles. The number of ether oxygens (including phenoxy) is 1. The van der Waals surface area contributed by atoms with Crippen LogP contribution in [0.25, 0.3) is 0 Å². The summed E-state index contributed by atoms with van der Waals surface area (Å²) in [6, 6.07) is 0.773. The first-order chi connectivity index (χ1) is 7.42. The zero-order valence-electron chi connectivity index (χ0n) is 9.63. The normalized spacial score (nSPS) is 36.4. The molecule has 0 bridgehead atoms. The van der Waals surface area contributed by atoms with Crippen molar-refractivity contribution in [1.82, 2.24) is 5.32 Å². The first-order valence-electron chi connectivity index (χ1n) is 6.73. The number of rotatable bonds is 2. The Balaban J connectivity index is 1.72. The molecule has 2 heterocycles. The minimum atomic E-state index is 0.539. The summed E-state index contributed by atoms with van der Waals surface area (Å²) >= 11 is 0. The largest absolute Gasteiger partial charge is 0.380 e. The van der Waals surface area contributed by atoms with E-state index in [1.54, 1.807) is 0 Å². The lowest BCUT2D eigenvalue weighted by atomic mass is 9.63. The van der Waals surface area contributed by atoms with E-state index in [2.05, 4.69) is 5.32 Å². The van der Waals surface area contributed by atoms with Crippen molar-refractivity contribution < 1.29 is 4.74 Å². The molecule has 1 N–H and O–H groups in total. The number of hydrogen-bond donors (Lipinski definition) is 1. The molecule has 0 aromatic heterocycles. The molecule has 0 radical (unpaired) electrons. The lowest BCUT2D eigenvalue weighted by Crippen LogP contribution is -2.59. The Hall–Kier alpha value is -0.0800. The SMILES string of the molecule is C1CCC(C2(C3CCCN3)COC2)CC1. The van der Waals surface area contributed by atoms with Gasteiger partial charge in [-0.05, 0) is 38.1 Å². The highest BCUT2D eigenvalue weighted by molar-refractivity contribution is 5.02. The molecule has 3 fully saturated rings. The van der Waals surface area contributed by atoms with Gasteiger partial charge in [0.25, 0.3) is 0 Å². The molecule has 0 spiro atoms. The number of hydrogen-bond acceptors (Lipinski definition) is 2. The fraction of sp³-hybridized carbons (Fsp3) is 1.00. The zero-order valence-corrected chi connectivity index (χ0v) is 9.63. The fourth-order valence-corrected chi connectivity index (χ4v) is 3.91. The summed E-state index contributed by atoms with van der Waals surface area (Å²) in [7, 11) is 0. The van der Waals surface area contributed by atoms with E-state index < -0.39 is 0 Å². The maximum atomic E-state index is 5.56. The van der Waals surface area contributed by atoms with Crippen LogP contribution in [0.5, 0.6) is 0 Å². The van der Waals surface area contributed by atoms with Gasteiger partial charge in [0.05, 0.1) is 13.2 Å². The van der Waals surface area contributed by atoms with Crippen molar-refractivity contribution in [3.05, 3.63) is 0 Å². The molecule has 0 aromatic carbocycles. The van der Waals surface area contributed by atoms with E-state index in [4.69, 9.17) is 4.74 Å². The topological polar surface area (TPSA) is 21.3 Å². The summed E-state index contributed by atoms with van der Waals surface area (Å²) < 4.78 is 5.56. The van der Waals surface area contributed by atoms with Crippen molar-refractivity contribution in [3.8, 4) is 0 Å². The summed E-state index contributed by atoms with van der Waals surface area (Å²) in [6.45, 7) is 3.31. The van der Waals surface area contributed by atoms with E-state index in [1.165, 1.54) is 51.5 Å². The molecule has 2 saturated heterocycles. The monoisotopic (exact) mass is 209 g/mol. The molecular formula is C13H23NO. The Morgan fingerprint density at radius 3 is 2.27 bits per heavy atom. The molecule has 3 aliphatic rings. The third kappa shape index (κ3) is 1.62. The van der Waals surface area contributed by atoms with Gasteiger partial charge in [-0.25, -0.2) is 0 Å². The van der Waals surface area contributed by atoms with Crippen molar-refractivity contribution in [2.75, 3.05) is 19.8 Å². The second kappa shape index (κ2) is 4.06. The van der Waals surface area contributed by atoms with Crippen LogP contribution in [-0.2, 0) is 4.74 Å². The van der Waals surface area contributed by atoms with Crippen LogP contribution in [0, 0.1) is 11.3 Å². The first-order valence-corrected chi connectivity index (χ1v) is 6.73. The third-order valence-electron chi connectivity index (χ3n) is 4.91. The van der Waals surface area contributed by atoms with Crippen molar-refractivity contribution in [2.24, 2.45) is 11.3 Å². The van der Waals surface area contributed by atoms with E-state index in [-0.39, 0.29) is 0 Å². The average molecular weight is 209 g/mol. The first kappa shape index (κ1) is 10.1. The number of nitrogens with one attached hydrogen (secondary N) is 1. The Morgan fingerprint density at radius 1 is 0.933 bits per heavy atom. The predicted octanol–water partition coefficient (Wildman–Crippen LogP) is 2.34.